The fourth-order valence-corrected chi connectivity index (χ4v) is 3.10. The van der Waals surface area contributed by atoms with Crippen LogP contribution in [0.5, 0.6) is 0 Å². The molecule has 0 spiro atoms. The van der Waals surface area contributed by atoms with Crippen molar-refractivity contribution < 1.29 is 24.9 Å². The van der Waals surface area contributed by atoms with Crippen LogP contribution in [0.3, 0.4) is 0 Å². The summed E-state index contributed by atoms with van der Waals surface area (Å²) in [5.74, 6) is -1.32. The molecule has 0 amide bonds. The van der Waals surface area contributed by atoms with Crippen LogP contribution in [0.1, 0.15) is 51.9 Å². The Kier molecular flexibility index (Phi) is 11.3. The van der Waals surface area contributed by atoms with Gasteiger partial charge in [0.25, 0.3) is 0 Å². The molecule has 4 atom stereocenters. The molecule has 27 heavy (non-hydrogen) atoms. The summed E-state index contributed by atoms with van der Waals surface area (Å²) in [6.45, 7) is 2.03. The van der Waals surface area contributed by atoms with Gasteiger partial charge in [0.05, 0.1) is 12.2 Å². The molecule has 3 N–H and O–H groups in total. The minimum atomic E-state index is -0.805. The number of ketones is 1. The van der Waals surface area contributed by atoms with Crippen molar-refractivity contribution in [1.29, 1.82) is 0 Å². The van der Waals surface area contributed by atoms with E-state index in [-0.39, 0.29) is 30.5 Å². The van der Waals surface area contributed by atoms with Gasteiger partial charge < -0.3 is 15.3 Å². The molecule has 0 saturated heterocycles. The molecule has 0 aliphatic heterocycles. The Labute approximate surface area is 161 Å². The molecule has 1 fully saturated rings. The van der Waals surface area contributed by atoms with Gasteiger partial charge in [-0.1, -0.05) is 55.5 Å². The van der Waals surface area contributed by atoms with Gasteiger partial charge in [-0.3, -0.25) is 9.59 Å². The van der Waals surface area contributed by atoms with E-state index in [2.05, 4.69) is 0 Å². The molecule has 5 heteroatoms. The summed E-state index contributed by atoms with van der Waals surface area (Å²) in [6.07, 6.45) is 17.2. The lowest BCUT2D eigenvalue weighted by Crippen LogP contribution is -2.19. The van der Waals surface area contributed by atoms with Crippen molar-refractivity contribution in [1.82, 2.24) is 0 Å². The first-order valence-corrected chi connectivity index (χ1v) is 9.69. The highest BCUT2D eigenvalue weighted by Gasteiger charge is 2.39. The Morgan fingerprint density at radius 3 is 2.63 bits per heavy atom. The first kappa shape index (κ1) is 23.1. The second kappa shape index (κ2) is 13.2. The molecule has 0 heterocycles. The topological polar surface area (TPSA) is 94.8 Å². The van der Waals surface area contributed by atoms with Crippen LogP contribution in [0.4, 0.5) is 0 Å². The molecule has 0 aromatic rings. The predicted molar refractivity (Wildman–Crippen MR) is 106 cm³/mol. The number of rotatable bonds is 12. The number of hydrogen-bond acceptors (Lipinski definition) is 4. The molecular weight excluding hydrogens is 344 g/mol. The Morgan fingerprint density at radius 1 is 1.19 bits per heavy atom. The van der Waals surface area contributed by atoms with Crippen LogP contribution in [-0.2, 0) is 9.59 Å². The zero-order chi connectivity index (χ0) is 20.1. The van der Waals surface area contributed by atoms with Gasteiger partial charge in [0.1, 0.15) is 5.78 Å². The maximum atomic E-state index is 12.1. The van der Waals surface area contributed by atoms with Crippen LogP contribution in [-0.4, -0.2) is 39.3 Å². The Bertz CT molecular complexity index is 573. The molecule has 0 bridgehead atoms. The smallest absolute Gasteiger partial charge is 0.303 e. The summed E-state index contributed by atoms with van der Waals surface area (Å²) < 4.78 is 0. The summed E-state index contributed by atoms with van der Waals surface area (Å²) in [5.41, 5.74) is 0. The monoisotopic (exact) mass is 376 g/mol. The maximum absolute atomic E-state index is 12.1. The SMILES string of the molecule is CC/C=C\C[C@H](O)/C=C/[C@@H]1C(=O)C[C@H](O)[C@H]1C/C=C\C/C=C\CCC(=O)O. The van der Waals surface area contributed by atoms with Crippen molar-refractivity contribution in [2.75, 3.05) is 0 Å². The van der Waals surface area contributed by atoms with Crippen molar-refractivity contribution in [3.8, 4) is 0 Å². The lowest BCUT2D eigenvalue weighted by atomic mass is 9.90. The van der Waals surface area contributed by atoms with Crippen LogP contribution in [0.25, 0.3) is 0 Å². The van der Waals surface area contributed by atoms with Gasteiger partial charge in [-0.25, -0.2) is 0 Å². The van der Waals surface area contributed by atoms with Crippen LogP contribution in [0, 0.1) is 11.8 Å². The fraction of sp³-hybridized carbons (Fsp3) is 0.545. The van der Waals surface area contributed by atoms with Gasteiger partial charge in [0, 0.05) is 24.7 Å². The third kappa shape index (κ3) is 9.50. The summed E-state index contributed by atoms with van der Waals surface area (Å²) in [5, 5.41) is 28.7. The molecule has 1 aliphatic carbocycles. The maximum Gasteiger partial charge on any atom is 0.303 e. The molecule has 0 unspecified atom stereocenters. The van der Waals surface area contributed by atoms with Crippen LogP contribution in [0.2, 0.25) is 0 Å². The zero-order valence-electron chi connectivity index (χ0n) is 16.0. The van der Waals surface area contributed by atoms with E-state index < -0.39 is 18.2 Å². The quantitative estimate of drug-likeness (QED) is 0.453. The van der Waals surface area contributed by atoms with Crippen LogP contribution < -0.4 is 0 Å². The molecule has 1 saturated carbocycles. The number of carboxylic acid groups (broad SMARTS) is 1. The van der Waals surface area contributed by atoms with E-state index in [1.54, 1.807) is 12.2 Å². The molecule has 1 rings (SSSR count). The third-order valence-electron chi connectivity index (χ3n) is 4.60. The van der Waals surface area contributed by atoms with Crippen LogP contribution in [0.15, 0.2) is 48.6 Å². The van der Waals surface area contributed by atoms with E-state index >= 15 is 0 Å². The fourth-order valence-electron chi connectivity index (χ4n) is 3.10. The lowest BCUT2D eigenvalue weighted by Gasteiger charge is -2.16. The molecule has 0 aromatic carbocycles. The number of carbonyl (C=O) groups is 2. The van der Waals surface area contributed by atoms with Crippen molar-refractivity contribution in [2.45, 2.75) is 64.1 Å². The van der Waals surface area contributed by atoms with Gasteiger partial charge in [-0.05, 0) is 32.1 Å². The number of carboxylic acids is 1. The van der Waals surface area contributed by atoms with Crippen molar-refractivity contribution in [3.63, 3.8) is 0 Å². The Balaban J connectivity index is 2.48. The summed E-state index contributed by atoms with van der Waals surface area (Å²) in [7, 11) is 0. The first-order chi connectivity index (χ1) is 13.0. The second-order valence-corrected chi connectivity index (χ2v) is 6.84. The van der Waals surface area contributed by atoms with Gasteiger partial charge in [0.2, 0.25) is 0 Å². The van der Waals surface area contributed by atoms with Gasteiger partial charge in [0.15, 0.2) is 0 Å². The van der Waals surface area contributed by atoms with Crippen LogP contribution >= 0.6 is 0 Å². The molecule has 150 valence electrons. The molecule has 0 radical (unpaired) electrons. The highest BCUT2D eigenvalue weighted by Crippen LogP contribution is 2.33. The summed E-state index contributed by atoms with van der Waals surface area (Å²) >= 11 is 0. The second-order valence-electron chi connectivity index (χ2n) is 6.84. The Hall–Kier alpha value is -1.98. The van der Waals surface area contributed by atoms with Crippen molar-refractivity contribution in [3.05, 3.63) is 48.6 Å². The number of carbonyl (C=O) groups excluding carboxylic acids is 1. The van der Waals surface area contributed by atoms with E-state index in [4.69, 9.17) is 5.11 Å². The Morgan fingerprint density at radius 2 is 1.93 bits per heavy atom. The summed E-state index contributed by atoms with van der Waals surface area (Å²) in [6, 6.07) is 0. The van der Waals surface area contributed by atoms with E-state index in [1.165, 1.54) is 0 Å². The average Bonchev–Trinajstić information content (AvgIpc) is 2.88. The van der Waals surface area contributed by atoms with E-state index in [0.717, 1.165) is 6.42 Å². The standard InChI is InChI=1S/C22H32O5/c1-2-3-8-11-17(23)14-15-19-18(20(24)16-21(19)25)12-9-6-4-5-7-10-13-22(26)27/h3,5-9,14-15,17-20,23-24H,2,4,10-13,16H2,1H3,(H,26,27)/b7-5-,8-3-,9-6-,15-14+/t17-,18-,19-,20-/m0/s1. The minimum Gasteiger partial charge on any atom is -0.481 e. The minimum absolute atomic E-state index is 0.0158. The number of allylic oxidation sites excluding steroid dienone is 6. The highest BCUT2D eigenvalue weighted by atomic mass is 16.4. The number of hydrogen-bond donors (Lipinski definition) is 3. The molecule has 5 nitrogen and oxygen atoms in total. The molecule has 0 aromatic heterocycles. The highest BCUT2D eigenvalue weighted by molar-refractivity contribution is 5.86. The normalized spacial score (nSPS) is 24.9. The van der Waals surface area contributed by atoms with E-state index in [0.29, 0.717) is 25.7 Å². The number of aliphatic hydroxyl groups is 2. The van der Waals surface area contributed by atoms with E-state index in [9.17, 15) is 19.8 Å². The average molecular weight is 376 g/mol. The lowest BCUT2D eigenvalue weighted by molar-refractivity contribution is -0.136. The molecule has 1 aliphatic rings. The number of Topliss-reactive ketones (excluding diaryl/α,β-unsaturated/α-hetero) is 1. The predicted octanol–water partition coefficient (Wildman–Crippen LogP) is 3.58. The van der Waals surface area contributed by atoms with Gasteiger partial charge in [-0.2, -0.15) is 0 Å². The van der Waals surface area contributed by atoms with Crippen molar-refractivity contribution >= 4 is 11.8 Å². The molecular formula is C22H32O5. The third-order valence-corrected chi connectivity index (χ3v) is 4.60. The summed E-state index contributed by atoms with van der Waals surface area (Å²) in [4.78, 5) is 22.5. The number of aliphatic hydroxyl groups excluding tert-OH is 2. The van der Waals surface area contributed by atoms with Crippen molar-refractivity contribution in [2.24, 2.45) is 11.8 Å². The van der Waals surface area contributed by atoms with Gasteiger partial charge in [-0.15, -0.1) is 0 Å². The van der Waals surface area contributed by atoms with E-state index in [1.807, 2.05) is 43.4 Å². The largest absolute Gasteiger partial charge is 0.481 e. The van der Waals surface area contributed by atoms with Gasteiger partial charge >= 0.3 is 5.97 Å². The zero-order valence-corrected chi connectivity index (χ0v) is 16.0. The first-order valence-electron chi connectivity index (χ1n) is 9.69. The number of aliphatic carboxylic acids is 1.